The van der Waals surface area contributed by atoms with E-state index >= 15 is 0 Å². The van der Waals surface area contributed by atoms with Gasteiger partial charge in [0.2, 0.25) is 0 Å². The van der Waals surface area contributed by atoms with Crippen molar-refractivity contribution in [3.05, 3.63) is 0 Å². The van der Waals surface area contributed by atoms with Crippen LogP contribution in [0, 0.1) is 0 Å². The molecule has 0 saturated carbocycles. The first kappa shape index (κ1) is 28.0. The fourth-order valence-electron chi connectivity index (χ4n) is 3.80. The van der Waals surface area contributed by atoms with Gasteiger partial charge in [0.05, 0.1) is 15.8 Å². The van der Waals surface area contributed by atoms with Gasteiger partial charge in [-0.15, -0.1) is 0 Å². The van der Waals surface area contributed by atoms with E-state index in [2.05, 4.69) is 28.1 Å². The molecule has 0 rings (SSSR count). The molecule has 0 bridgehead atoms. The summed E-state index contributed by atoms with van der Waals surface area (Å²) >= 11 is 2.19. The molecule has 0 aliphatic rings. The number of halogens is 1. The third-order valence-corrected chi connectivity index (χ3v) is 6.64. The van der Waals surface area contributed by atoms with E-state index in [0.29, 0.717) is 0 Å². The van der Waals surface area contributed by atoms with Gasteiger partial charge in [0.1, 0.15) is 0 Å². The van der Waals surface area contributed by atoms with Crippen molar-refractivity contribution in [3.63, 3.8) is 0 Å². The molecule has 0 aliphatic carbocycles. The summed E-state index contributed by atoms with van der Waals surface area (Å²) in [5.41, 5.74) is 0. The molecule has 0 amide bonds. The summed E-state index contributed by atoms with van der Waals surface area (Å²) in [5.74, 6) is 0. The molecule has 0 atom stereocenters. The van der Waals surface area contributed by atoms with E-state index in [-0.39, 0.29) is 0 Å². The predicted molar refractivity (Wildman–Crippen MR) is 135 cm³/mol. The molecule has 0 aromatic rings. The van der Waals surface area contributed by atoms with E-state index in [4.69, 9.17) is 4.18 Å². The largest absolute Gasteiger partial charge is 0.305 e. The summed E-state index contributed by atoms with van der Waals surface area (Å²) in [5, 5.41) is 0. The zero-order valence-electron chi connectivity index (χ0n) is 18.5. The Balaban J connectivity index is 2.95. The van der Waals surface area contributed by atoms with Gasteiger partial charge < -0.3 is 4.18 Å². The van der Waals surface area contributed by atoms with Gasteiger partial charge in [0.15, 0.2) is 0 Å². The van der Waals surface area contributed by atoms with Gasteiger partial charge in [0, 0.05) is 21.2 Å². The van der Waals surface area contributed by atoms with Crippen molar-refractivity contribution in [2.24, 2.45) is 0 Å². The fourth-order valence-corrected chi connectivity index (χ4v) is 4.52. The fraction of sp³-hybridized carbons (Fsp3) is 1.00. The van der Waals surface area contributed by atoms with Crippen molar-refractivity contribution < 1.29 is 4.18 Å². The predicted octanol–water partition coefficient (Wildman–Crippen LogP) is 10.6. The molecule has 0 saturated heterocycles. The molecule has 0 unspecified atom stereocenters. The highest BCUT2D eigenvalue weighted by Crippen LogP contribution is 2.16. The average molecular weight is 513 g/mol. The SMILES string of the molecule is CCCCCCCCCCCCCCCCCCCCCCCCOSI. The Hall–Kier alpha value is 1.04. The summed E-state index contributed by atoms with van der Waals surface area (Å²) in [6.45, 7) is 3.22. The lowest BCUT2D eigenvalue weighted by Gasteiger charge is -2.04. The highest BCUT2D eigenvalue weighted by molar-refractivity contribution is 14.2. The minimum Gasteiger partial charge on any atom is -0.305 e. The van der Waals surface area contributed by atoms with Crippen LogP contribution in [0.2, 0.25) is 0 Å². The minimum atomic E-state index is 0.923. The van der Waals surface area contributed by atoms with Crippen LogP contribution in [0.3, 0.4) is 0 Å². The molecular formula is C24H49IOS. The lowest BCUT2D eigenvalue weighted by Crippen LogP contribution is -1.86. The minimum absolute atomic E-state index is 0.923. The van der Waals surface area contributed by atoms with Gasteiger partial charge in [-0.25, -0.2) is 0 Å². The zero-order chi connectivity index (χ0) is 19.7. The van der Waals surface area contributed by atoms with Crippen molar-refractivity contribution >= 4 is 30.4 Å². The Labute approximate surface area is 188 Å². The van der Waals surface area contributed by atoms with E-state index < -0.39 is 0 Å². The van der Waals surface area contributed by atoms with Gasteiger partial charge in [-0.05, 0) is 6.42 Å². The molecule has 3 heteroatoms. The number of unbranched alkanes of at least 4 members (excludes halogenated alkanes) is 21. The van der Waals surface area contributed by atoms with Crippen molar-refractivity contribution in [2.75, 3.05) is 6.61 Å². The quantitative estimate of drug-likeness (QED) is 0.0723. The van der Waals surface area contributed by atoms with E-state index in [1.54, 1.807) is 0 Å². The monoisotopic (exact) mass is 512 g/mol. The van der Waals surface area contributed by atoms with Gasteiger partial charge in [-0.1, -0.05) is 142 Å². The normalized spacial score (nSPS) is 11.3. The maximum atomic E-state index is 5.28. The van der Waals surface area contributed by atoms with Crippen LogP contribution in [0.25, 0.3) is 0 Å². The smallest absolute Gasteiger partial charge is 0.0650 e. The Bertz CT molecular complexity index is 227. The summed E-state index contributed by atoms with van der Waals surface area (Å²) in [6.07, 6.45) is 31.8. The van der Waals surface area contributed by atoms with Crippen LogP contribution in [0.1, 0.15) is 148 Å². The van der Waals surface area contributed by atoms with Crippen LogP contribution in [0.15, 0.2) is 0 Å². The van der Waals surface area contributed by atoms with Gasteiger partial charge in [-0.3, -0.25) is 0 Å². The second-order valence-electron chi connectivity index (χ2n) is 8.31. The summed E-state index contributed by atoms with van der Waals surface area (Å²) in [4.78, 5) is 0. The van der Waals surface area contributed by atoms with Crippen molar-refractivity contribution in [3.8, 4) is 0 Å². The Morgan fingerprint density at radius 2 is 0.704 bits per heavy atom. The molecule has 1 nitrogen and oxygen atoms in total. The molecular weight excluding hydrogens is 463 g/mol. The summed E-state index contributed by atoms with van der Waals surface area (Å²) in [6, 6.07) is 0. The molecule has 0 spiro atoms. The van der Waals surface area contributed by atoms with E-state index in [9.17, 15) is 0 Å². The molecule has 0 aromatic heterocycles. The van der Waals surface area contributed by atoms with Crippen LogP contribution in [-0.2, 0) is 4.18 Å². The maximum Gasteiger partial charge on any atom is 0.0650 e. The zero-order valence-corrected chi connectivity index (χ0v) is 21.4. The van der Waals surface area contributed by atoms with Gasteiger partial charge in [-0.2, -0.15) is 0 Å². The molecule has 0 radical (unpaired) electrons. The van der Waals surface area contributed by atoms with Crippen LogP contribution < -0.4 is 0 Å². The Morgan fingerprint density at radius 3 is 0.963 bits per heavy atom. The van der Waals surface area contributed by atoms with E-state index in [0.717, 1.165) is 6.61 Å². The van der Waals surface area contributed by atoms with Crippen molar-refractivity contribution in [2.45, 2.75) is 148 Å². The number of hydrogen-bond donors (Lipinski definition) is 0. The molecule has 0 aliphatic heterocycles. The van der Waals surface area contributed by atoms with Gasteiger partial charge in [0.25, 0.3) is 0 Å². The van der Waals surface area contributed by atoms with Crippen LogP contribution >= 0.6 is 30.4 Å². The standard InChI is InChI=1S/C24H49IOS/c1-2-3-4-5-6-7-8-9-10-11-12-13-14-15-16-17-18-19-20-21-22-23-24-26-27-25/h2-24H2,1H3. The van der Waals surface area contributed by atoms with Gasteiger partial charge >= 0.3 is 0 Å². The topological polar surface area (TPSA) is 9.23 Å². The Morgan fingerprint density at radius 1 is 0.444 bits per heavy atom. The van der Waals surface area contributed by atoms with Crippen molar-refractivity contribution in [1.82, 2.24) is 0 Å². The van der Waals surface area contributed by atoms with E-state index in [1.165, 1.54) is 150 Å². The van der Waals surface area contributed by atoms with Crippen molar-refractivity contribution in [1.29, 1.82) is 0 Å². The van der Waals surface area contributed by atoms with Crippen LogP contribution in [-0.4, -0.2) is 6.61 Å². The second kappa shape index (κ2) is 27.0. The molecule has 27 heavy (non-hydrogen) atoms. The second-order valence-corrected chi connectivity index (χ2v) is 9.75. The molecule has 0 aromatic carbocycles. The average Bonchev–Trinajstić information content (AvgIpc) is 2.68. The first-order valence-electron chi connectivity index (χ1n) is 12.3. The summed E-state index contributed by atoms with van der Waals surface area (Å²) in [7, 11) is 1.46. The maximum absolute atomic E-state index is 5.28. The highest BCUT2D eigenvalue weighted by atomic mass is 127. The molecule has 0 heterocycles. The lowest BCUT2D eigenvalue weighted by atomic mass is 10.0. The highest BCUT2D eigenvalue weighted by Gasteiger charge is 1.96. The van der Waals surface area contributed by atoms with Crippen LogP contribution in [0.5, 0.6) is 0 Å². The Kier molecular flexibility index (Phi) is 28.1. The van der Waals surface area contributed by atoms with Crippen LogP contribution in [0.4, 0.5) is 0 Å². The molecule has 0 N–H and O–H groups in total. The van der Waals surface area contributed by atoms with E-state index in [1.807, 2.05) is 0 Å². The summed E-state index contributed by atoms with van der Waals surface area (Å²) < 4.78 is 5.28. The first-order chi connectivity index (χ1) is 13.4. The molecule has 0 fully saturated rings. The lowest BCUT2D eigenvalue weighted by molar-refractivity contribution is 0.360. The molecule has 164 valence electrons. The number of hydrogen-bond acceptors (Lipinski definition) is 2. The third-order valence-electron chi connectivity index (χ3n) is 5.63. The first-order valence-corrected chi connectivity index (χ1v) is 15.6. The number of rotatable bonds is 24. The third kappa shape index (κ3) is 27.0.